The summed E-state index contributed by atoms with van der Waals surface area (Å²) in [5.74, 6) is 0. The fourth-order valence-corrected chi connectivity index (χ4v) is 1.93. The van der Waals surface area contributed by atoms with Gasteiger partial charge in [0.15, 0.2) is 0 Å². The molecule has 21 heavy (non-hydrogen) atoms. The highest BCUT2D eigenvalue weighted by atomic mass is 35.5. The van der Waals surface area contributed by atoms with Crippen molar-refractivity contribution >= 4 is 18.1 Å². The summed E-state index contributed by atoms with van der Waals surface area (Å²) >= 11 is 0. The molecule has 2 aromatic carbocycles. The molecule has 6 heteroatoms. The standard InChI is InChI=1S/C15H16N2O3.ClH/c18-15(13-6-2-1-3-7-13)11-16-10-12-5-4-8-14(9-12)17(19)20;/h1-9,15-16,18H,10-11H2;1H. The summed E-state index contributed by atoms with van der Waals surface area (Å²) in [7, 11) is 0. The molecule has 1 unspecified atom stereocenters. The van der Waals surface area contributed by atoms with Gasteiger partial charge in [-0.2, -0.15) is 0 Å². The molecular weight excluding hydrogens is 292 g/mol. The Labute approximate surface area is 129 Å². The zero-order valence-electron chi connectivity index (χ0n) is 11.3. The second-order valence-electron chi connectivity index (χ2n) is 4.48. The van der Waals surface area contributed by atoms with Crippen molar-refractivity contribution in [2.75, 3.05) is 6.54 Å². The van der Waals surface area contributed by atoms with Crippen LogP contribution in [0.1, 0.15) is 17.2 Å². The third-order valence-corrected chi connectivity index (χ3v) is 2.97. The predicted molar refractivity (Wildman–Crippen MR) is 83.5 cm³/mol. The number of benzene rings is 2. The highest BCUT2D eigenvalue weighted by Gasteiger charge is 2.08. The number of hydrogen-bond acceptors (Lipinski definition) is 4. The van der Waals surface area contributed by atoms with Crippen molar-refractivity contribution in [1.29, 1.82) is 0 Å². The zero-order valence-corrected chi connectivity index (χ0v) is 12.1. The Balaban J connectivity index is 0.00000220. The van der Waals surface area contributed by atoms with Crippen molar-refractivity contribution in [3.8, 4) is 0 Å². The first-order valence-corrected chi connectivity index (χ1v) is 6.34. The van der Waals surface area contributed by atoms with E-state index in [0.717, 1.165) is 11.1 Å². The molecule has 2 aromatic rings. The molecule has 0 bridgehead atoms. The maximum absolute atomic E-state index is 10.7. The summed E-state index contributed by atoms with van der Waals surface area (Å²) in [5.41, 5.74) is 1.74. The van der Waals surface area contributed by atoms with Crippen molar-refractivity contribution in [2.24, 2.45) is 0 Å². The van der Waals surface area contributed by atoms with Crippen LogP contribution in [0.4, 0.5) is 5.69 Å². The minimum Gasteiger partial charge on any atom is -0.387 e. The average Bonchev–Trinajstić information content (AvgIpc) is 2.48. The molecule has 0 saturated heterocycles. The molecule has 0 amide bonds. The molecule has 2 N–H and O–H groups in total. The monoisotopic (exact) mass is 308 g/mol. The Bertz CT molecular complexity index is 578. The van der Waals surface area contributed by atoms with Gasteiger partial charge in [0.25, 0.3) is 5.69 Å². The molecule has 2 rings (SSSR count). The summed E-state index contributed by atoms with van der Waals surface area (Å²) < 4.78 is 0. The molecule has 1 atom stereocenters. The summed E-state index contributed by atoms with van der Waals surface area (Å²) in [6.07, 6.45) is -0.588. The smallest absolute Gasteiger partial charge is 0.269 e. The van der Waals surface area contributed by atoms with Gasteiger partial charge in [0.2, 0.25) is 0 Å². The van der Waals surface area contributed by atoms with Crippen LogP contribution in [0.2, 0.25) is 0 Å². The number of nitrogens with one attached hydrogen (secondary N) is 1. The molecule has 0 fully saturated rings. The minimum absolute atomic E-state index is 0. The van der Waals surface area contributed by atoms with Crippen molar-refractivity contribution in [3.05, 3.63) is 75.8 Å². The lowest BCUT2D eigenvalue weighted by Crippen LogP contribution is -2.21. The van der Waals surface area contributed by atoms with Crippen LogP contribution in [-0.2, 0) is 6.54 Å². The van der Waals surface area contributed by atoms with Crippen LogP contribution in [0.25, 0.3) is 0 Å². The van der Waals surface area contributed by atoms with E-state index in [9.17, 15) is 15.2 Å². The Morgan fingerprint density at radius 2 is 1.86 bits per heavy atom. The van der Waals surface area contributed by atoms with E-state index in [1.807, 2.05) is 36.4 Å². The van der Waals surface area contributed by atoms with Gasteiger partial charge in [0, 0.05) is 25.2 Å². The Morgan fingerprint density at radius 1 is 1.14 bits per heavy atom. The SMILES string of the molecule is Cl.O=[N+]([O-])c1cccc(CNCC(O)c2ccccc2)c1. The van der Waals surface area contributed by atoms with Crippen LogP contribution in [0, 0.1) is 10.1 Å². The van der Waals surface area contributed by atoms with Gasteiger partial charge in [0.05, 0.1) is 11.0 Å². The molecule has 0 spiro atoms. The molecule has 0 saturated carbocycles. The topological polar surface area (TPSA) is 75.4 Å². The van der Waals surface area contributed by atoms with E-state index in [1.165, 1.54) is 12.1 Å². The van der Waals surface area contributed by atoms with Gasteiger partial charge in [-0.1, -0.05) is 42.5 Å². The lowest BCUT2D eigenvalue weighted by atomic mass is 10.1. The largest absolute Gasteiger partial charge is 0.387 e. The van der Waals surface area contributed by atoms with E-state index in [1.54, 1.807) is 6.07 Å². The number of nitro benzene ring substituents is 1. The average molecular weight is 309 g/mol. The Morgan fingerprint density at radius 3 is 2.52 bits per heavy atom. The van der Waals surface area contributed by atoms with Gasteiger partial charge in [0.1, 0.15) is 0 Å². The molecular formula is C15H17ClN2O3. The minimum atomic E-state index is -0.588. The number of aliphatic hydroxyl groups excluding tert-OH is 1. The molecule has 0 aromatic heterocycles. The van der Waals surface area contributed by atoms with Crippen LogP contribution >= 0.6 is 12.4 Å². The quantitative estimate of drug-likeness (QED) is 0.635. The Kier molecular flexibility index (Phi) is 6.81. The molecule has 0 aliphatic heterocycles. The number of halogens is 1. The van der Waals surface area contributed by atoms with Crippen molar-refractivity contribution in [3.63, 3.8) is 0 Å². The highest BCUT2D eigenvalue weighted by molar-refractivity contribution is 5.85. The first-order chi connectivity index (χ1) is 9.66. The van der Waals surface area contributed by atoms with Gasteiger partial charge in [-0.15, -0.1) is 12.4 Å². The van der Waals surface area contributed by atoms with Gasteiger partial charge < -0.3 is 10.4 Å². The first-order valence-electron chi connectivity index (χ1n) is 6.34. The molecule has 0 aliphatic carbocycles. The normalized spacial score (nSPS) is 11.5. The van der Waals surface area contributed by atoms with Gasteiger partial charge in [-0.05, 0) is 11.1 Å². The van der Waals surface area contributed by atoms with E-state index >= 15 is 0 Å². The molecule has 0 heterocycles. The maximum atomic E-state index is 10.7. The van der Waals surface area contributed by atoms with Crippen molar-refractivity contribution in [2.45, 2.75) is 12.6 Å². The van der Waals surface area contributed by atoms with E-state index in [4.69, 9.17) is 0 Å². The van der Waals surface area contributed by atoms with Crippen LogP contribution < -0.4 is 5.32 Å². The summed E-state index contributed by atoms with van der Waals surface area (Å²) in [6, 6.07) is 15.8. The third-order valence-electron chi connectivity index (χ3n) is 2.97. The summed E-state index contributed by atoms with van der Waals surface area (Å²) in [4.78, 5) is 10.3. The fraction of sp³-hybridized carbons (Fsp3) is 0.200. The molecule has 0 aliphatic rings. The van der Waals surface area contributed by atoms with E-state index in [2.05, 4.69) is 5.32 Å². The number of rotatable bonds is 6. The van der Waals surface area contributed by atoms with Gasteiger partial charge >= 0.3 is 0 Å². The van der Waals surface area contributed by atoms with Crippen LogP contribution in [-0.4, -0.2) is 16.6 Å². The van der Waals surface area contributed by atoms with Crippen LogP contribution in [0.15, 0.2) is 54.6 Å². The number of nitrogens with zero attached hydrogens (tertiary/aromatic N) is 1. The van der Waals surface area contributed by atoms with Crippen molar-refractivity contribution in [1.82, 2.24) is 5.32 Å². The predicted octanol–water partition coefficient (Wildman–Crippen LogP) is 2.84. The maximum Gasteiger partial charge on any atom is 0.269 e. The zero-order chi connectivity index (χ0) is 14.4. The van der Waals surface area contributed by atoms with Crippen LogP contribution in [0.3, 0.4) is 0 Å². The molecule has 112 valence electrons. The molecule has 5 nitrogen and oxygen atoms in total. The number of non-ortho nitro benzene ring substituents is 1. The lowest BCUT2D eigenvalue weighted by molar-refractivity contribution is -0.384. The first kappa shape index (κ1) is 17.1. The third kappa shape index (κ3) is 5.15. The second-order valence-corrected chi connectivity index (χ2v) is 4.48. The van der Waals surface area contributed by atoms with Crippen LogP contribution in [0.5, 0.6) is 0 Å². The lowest BCUT2D eigenvalue weighted by Gasteiger charge is -2.12. The second kappa shape index (κ2) is 8.36. The number of hydrogen-bond donors (Lipinski definition) is 2. The van der Waals surface area contributed by atoms with Gasteiger partial charge in [-0.25, -0.2) is 0 Å². The van der Waals surface area contributed by atoms with Gasteiger partial charge in [-0.3, -0.25) is 10.1 Å². The summed E-state index contributed by atoms with van der Waals surface area (Å²) in [5, 5.41) is 23.7. The van der Waals surface area contributed by atoms with E-state index in [0.29, 0.717) is 13.1 Å². The highest BCUT2D eigenvalue weighted by Crippen LogP contribution is 2.14. The Hall–Kier alpha value is -1.95. The van der Waals surface area contributed by atoms with Crippen molar-refractivity contribution < 1.29 is 10.0 Å². The number of aliphatic hydroxyl groups is 1. The molecule has 0 radical (unpaired) electrons. The van der Waals surface area contributed by atoms with E-state index < -0.39 is 11.0 Å². The van der Waals surface area contributed by atoms with E-state index in [-0.39, 0.29) is 18.1 Å². The number of nitro groups is 1. The summed E-state index contributed by atoms with van der Waals surface area (Å²) in [6.45, 7) is 0.873. The fourth-order valence-electron chi connectivity index (χ4n) is 1.93.